The molecule has 0 saturated carbocycles. The maximum absolute atomic E-state index is 12.5. The molecule has 2 nitrogen and oxygen atoms in total. The van der Waals surface area contributed by atoms with E-state index in [2.05, 4.69) is 0 Å². The predicted octanol–water partition coefficient (Wildman–Crippen LogP) is 2.98. The Kier molecular flexibility index (Phi) is 4.16. The predicted molar refractivity (Wildman–Crippen MR) is 61.1 cm³/mol. The number of Topliss-reactive ketones (excluding diaryl/α,β-unsaturated/α-hetero) is 1. The monoisotopic (exact) mass is 260 g/mol. The molecule has 0 heterocycles. The summed E-state index contributed by atoms with van der Waals surface area (Å²) in [7, 11) is 0. The molecule has 1 aromatic carbocycles. The molecule has 0 fully saturated rings. The van der Waals surface area contributed by atoms with E-state index in [0.29, 0.717) is 0 Å². The van der Waals surface area contributed by atoms with Crippen LogP contribution in [0.2, 0.25) is 0 Å². The smallest absolute Gasteiger partial charge is 0.382 e. The second-order valence-corrected chi connectivity index (χ2v) is 4.43. The van der Waals surface area contributed by atoms with Crippen LogP contribution in [-0.2, 0) is 17.4 Å². The number of benzene rings is 1. The molecule has 0 saturated heterocycles. The van der Waals surface area contributed by atoms with Crippen LogP contribution in [0.25, 0.3) is 0 Å². The highest BCUT2D eigenvalue weighted by atomic mass is 19.4. The minimum Gasteiger partial charge on any atom is -0.382 e. The Morgan fingerprint density at radius 1 is 1.33 bits per heavy atom. The van der Waals surface area contributed by atoms with Gasteiger partial charge in [-0.2, -0.15) is 13.2 Å². The summed E-state index contributed by atoms with van der Waals surface area (Å²) in [6, 6.07) is 4.58. The van der Waals surface area contributed by atoms with E-state index in [1.54, 1.807) is 6.92 Å². The lowest BCUT2D eigenvalue weighted by molar-refractivity contribution is -0.138. The van der Waals surface area contributed by atoms with Crippen molar-refractivity contribution in [1.29, 1.82) is 0 Å². The van der Waals surface area contributed by atoms with Crippen LogP contribution in [0, 0.1) is 0 Å². The number of halogens is 3. The quantitative estimate of drug-likeness (QED) is 0.903. The zero-order chi connectivity index (χ0) is 14.0. The van der Waals surface area contributed by atoms with Crippen molar-refractivity contribution in [1.82, 2.24) is 0 Å². The summed E-state index contributed by atoms with van der Waals surface area (Å²) < 4.78 is 37.4. The van der Waals surface area contributed by atoms with Gasteiger partial charge in [0.1, 0.15) is 5.60 Å². The van der Waals surface area contributed by atoms with E-state index in [0.717, 1.165) is 12.1 Å². The third kappa shape index (κ3) is 3.57. The lowest BCUT2D eigenvalue weighted by Gasteiger charge is -2.19. The minimum atomic E-state index is -4.42. The van der Waals surface area contributed by atoms with Crippen molar-refractivity contribution in [3.63, 3.8) is 0 Å². The first-order valence-corrected chi connectivity index (χ1v) is 5.58. The molecule has 0 aromatic heterocycles. The van der Waals surface area contributed by atoms with E-state index in [-0.39, 0.29) is 18.4 Å². The number of hydrogen-bond acceptors (Lipinski definition) is 2. The Morgan fingerprint density at radius 3 is 2.44 bits per heavy atom. The van der Waals surface area contributed by atoms with E-state index in [1.807, 2.05) is 0 Å². The molecule has 100 valence electrons. The van der Waals surface area contributed by atoms with Crippen LogP contribution in [0.5, 0.6) is 0 Å². The molecule has 0 amide bonds. The van der Waals surface area contributed by atoms with Gasteiger partial charge in [0.2, 0.25) is 0 Å². The fourth-order valence-corrected chi connectivity index (χ4v) is 1.43. The van der Waals surface area contributed by atoms with Crippen molar-refractivity contribution < 1.29 is 23.1 Å². The van der Waals surface area contributed by atoms with Crippen molar-refractivity contribution in [2.45, 2.75) is 38.5 Å². The van der Waals surface area contributed by atoms with Crippen LogP contribution in [-0.4, -0.2) is 16.5 Å². The number of aliphatic hydroxyl groups is 1. The lowest BCUT2D eigenvalue weighted by Crippen LogP contribution is -2.35. The number of carbonyl (C=O) groups excluding carboxylic acids is 1. The Morgan fingerprint density at radius 2 is 1.94 bits per heavy atom. The van der Waals surface area contributed by atoms with Crippen LogP contribution in [0.1, 0.15) is 31.4 Å². The van der Waals surface area contributed by atoms with Crippen molar-refractivity contribution in [2.24, 2.45) is 0 Å². The number of hydrogen-bond donors (Lipinski definition) is 1. The van der Waals surface area contributed by atoms with Crippen molar-refractivity contribution in [3.8, 4) is 0 Å². The highest BCUT2D eigenvalue weighted by molar-refractivity contribution is 5.88. The van der Waals surface area contributed by atoms with Gasteiger partial charge in [0.15, 0.2) is 5.78 Å². The van der Waals surface area contributed by atoms with Gasteiger partial charge in [0.05, 0.1) is 5.56 Å². The largest absolute Gasteiger partial charge is 0.416 e. The molecule has 0 spiro atoms. The molecular weight excluding hydrogens is 245 g/mol. The van der Waals surface area contributed by atoms with Crippen LogP contribution in [0.3, 0.4) is 0 Å². The zero-order valence-electron chi connectivity index (χ0n) is 10.2. The lowest BCUT2D eigenvalue weighted by atomic mass is 9.92. The van der Waals surface area contributed by atoms with Gasteiger partial charge in [-0.25, -0.2) is 0 Å². The molecule has 5 heteroatoms. The molecule has 1 N–H and O–H groups in total. The normalized spacial score (nSPS) is 15.2. The minimum absolute atomic E-state index is 0.204. The maximum Gasteiger partial charge on any atom is 0.416 e. The first-order chi connectivity index (χ1) is 8.16. The molecule has 1 rings (SSSR count). The third-order valence-corrected chi connectivity index (χ3v) is 2.91. The van der Waals surface area contributed by atoms with E-state index in [4.69, 9.17) is 0 Å². The number of ketones is 1. The summed E-state index contributed by atoms with van der Waals surface area (Å²) in [5, 5.41) is 9.71. The van der Waals surface area contributed by atoms with Crippen LogP contribution in [0.15, 0.2) is 24.3 Å². The molecule has 0 aliphatic carbocycles. The summed E-state index contributed by atoms with van der Waals surface area (Å²) in [6.45, 7) is 3.01. The van der Waals surface area contributed by atoms with E-state index in [1.165, 1.54) is 19.1 Å². The van der Waals surface area contributed by atoms with Gasteiger partial charge in [0, 0.05) is 6.42 Å². The zero-order valence-corrected chi connectivity index (χ0v) is 10.2. The Labute approximate surface area is 103 Å². The van der Waals surface area contributed by atoms with Gasteiger partial charge in [-0.05, 0) is 25.0 Å². The summed E-state index contributed by atoms with van der Waals surface area (Å²) >= 11 is 0. The van der Waals surface area contributed by atoms with Crippen molar-refractivity contribution in [2.75, 3.05) is 0 Å². The van der Waals surface area contributed by atoms with Gasteiger partial charge in [0.25, 0.3) is 0 Å². The molecule has 0 aliphatic rings. The molecule has 1 atom stereocenters. The van der Waals surface area contributed by atoms with E-state index in [9.17, 15) is 23.1 Å². The van der Waals surface area contributed by atoms with Gasteiger partial charge in [-0.15, -0.1) is 0 Å². The second kappa shape index (κ2) is 5.10. The van der Waals surface area contributed by atoms with E-state index < -0.39 is 23.1 Å². The molecule has 1 aromatic rings. The third-order valence-electron chi connectivity index (χ3n) is 2.91. The van der Waals surface area contributed by atoms with Gasteiger partial charge < -0.3 is 5.11 Å². The Balaban J connectivity index is 2.90. The molecule has 0 bridgehead atoms. The van der Waals surface area contributed by atoms with Crippen LogP contribution < -0.4 is 0 Å². The Bertz CT molecular complexity index is 436. The first kappa shape index (κ1) is 14.7. The summed E-state index contributed by atoms with van der Waals surface area (Å²) in [6.07, 6.45) is -4.40. The summed E-state index contributed by atoms with van der Waals surface area (Å²) in [4.78, 5) is 11.7. The maximum atomic E-state index is 12.5. The molecule has 0 radical (unpaired) electrons. The fourth-order valence-electron chi connectivity index (χ4n) is 1.43. The van der Waals surface area contributed by atoms with Crippen molar-refractivity contribution in [3.05, 3.63) is 35.4 Å². The first-order valence-electron chi connectivity index (χ1n) is 5.58. The topological polar surface area (TPSA) is 37.3 Å². The number of carbonyl (C=O) groups is 1. The summed E-state index contributed by atoms with van der Waals surface area (Å²) in [5.74, 6) is -0.482. The molecular formula is C13H15F3O2. The highest BCUT2D eigenvalue weighted by Gasteiger charge is 2.31. The van der Waals surface area contributed by atoms with Crippen LogP contribution in [0.4, 0.5) is 13.2 Å². The average Bonchev–Trinajstić information content (AvgIpc) is 2.28. The van der Waals surface area contributed by atoms with Crippen molar-refractivity contribution >= 4 is 5.78 Å². The van der Waals surface area contributed by atoms with Gasteiger partial charge in [-0.1, -0.05) is 25.1 Å². The molecule has 1 unspecified atom stereocenters. The molecule has 0 aliphatic heterocycles. The highest BCUT2D eigenvalue weighted by Crippen LogP contribution is 2.29. The van der Waals surface area contributed by atoms with E-state index >= 15 is 0 Å². The van der Waals surface area contributed by atoms with Gasteiger partial charge in [-0.3, -0.25) is 4.79 Å². The Hall–Kier alpha value is -1.36. The second-order valence-electron chi connectivity index (χ2n) is 4.43. The number of rotatable bonds is 4. The standard InChI is InChI=1S/C13H15F3O2/c1-3-12(2,18)11(17)8-9-5-4-6-10(7-9)13(14,15)16/h4-7,18H,3,8H2,1-2H3. The van der Waals surface area contributed by atoms with Crippen LogP contribution >= 0.6 is 0 Å². The fraction of sp³-hybridized carbons (Fsp3) is 0.462. The molecule has 18 heavy (non-hydrogen) atoms. The number of alkyl halides is 3. The average molecular weight is 260 g/mol. The SMILES string of the molecule is CCC(C)(O)C(=O)Cc1cccc(C(F)(F)F)c1. The van der Waals surface area contributed by atoms with Gasteiger partial charge >= 0.3 is 6.18 Å². The summed E-state index contributed by atoms with van der Waals surface area (Å²) in [5.41, 5.74) is -2.03.